The van der Waals surface area contributed by atoms with Gasteiger partial charge in [-0.15, -0.1) is 0 Å². The van der Waals surface area contributed by atoms with E-state index < -0.39 is 0 Å². The molecule has 0 radical (unpaired) electrons. The number of rotatable bonds is 4. The number of nitrogens with one attached hydrogen (secondary N) is 1. The van der Waals surface area contributed by atoms with Gasteiger partial charge >= 0.3 is 0 Å². The highest BCUT2D eigenvalue weighted by molar-refractivity contribution is 6.35. The molecular formula is C18H15ClN2O2. The smallest absolute Gasteiger partial charge is 0.262 e. The summed E-state index contributed by atoms with van der Waals surface area (Å²) in [5.74, 6) is 0.309. The van der Waals surface area contributed by atoms with Crippen LogP contribution in [0.4, 0.5) is 5.69 Å². The van der Waals surface area contributed by atoms with Gasteiger partial charge in [-0.3, -0.25) is 9.78 Å². The lowest BCUT2D eigenvalue weighted by molar-refractivity contribution is -0.118. The molecule has 0 saturated carbocycles. The Labute approximate surface area is 139 Å². The third-order valence-corrected chi connectivity index (χ3v) is 3.79. The number of hydrogen-bond acceptors (Lipinski definition) is 3. The van der Waals surface area contributed by atoms with Crippen LogP contribution in [0, 0.1) is 6.92 Å². The van der Waals surface area contributed by atoms with Gasteiger partial charge in [0.25, 0.3) is 5.91 Å². The molecule has 4 nitrogen and oxygen atoms in total. The lowest BCUT2D eigenvalue weighted by Crippen LogP contribution is -2.20. The molecule has 1 amide bonds. The van der Waals surface area contributed by atoms with E-state index in [0.717, 1.165) is 16.6 Å². The number of aryl methyl sites for hydroxylation is 1. The standard InChI is InChI=1S/C18H15ClN2O2/c1-12-5-2-3-7-15(12)21-17(22)11-23-16-9-8-14(19)13-6-4-10-20-18(13)16/h2-10H,11H2,1H3,(H,21,22). The van der Waals surface area contributed by atoms with Crippen LogP contribution in [-0.4, -0.2) is 17.5 Å². The highest BCUT2D eigenvalue weighted by Gasteiger charge is 2.10. The normalized spacial score (nSPS) is 10.5. The van der Waals surface area contributed by atoms with E-state index in [-0.39, 0.29) is 12.5 Å². The molecule has 2 aromatic carbocycles. The van der Waals surface area contributed by atoms with Gasteiger partial charge in [0, 0.05) is 17.3 Å². The molecule has 0 atom stereocenters. The summed E-state index contributed by atoms with van der Waals surface area (Å²) in [6.07, 6.45) is 1.67. The average Bonchev–Trinajstić information content (AvgIpc) is 2.57. The Balaban J connectivity index is 1.73. The molecule has 3 rings (SSSR count). The van der Waals surface area contributed by atoms with Crippen molar-refractivity contribution in [3.05, 3.63) is 65.3 Å². The molecule has 3 aromatic rings. The van der Waals surface area contributed by atoms with Crippen LogP contribution in [0.25, 0.3) is 10.9 Å². The second-order valence-corrected chi connectivity index (χ2v) is 5.50. The lowest BCUT2D eigenvalue weighted by atomic mass is 10.2. The first-order valence-corrected chi connectivity index (χ1v) is 7.54. The summed E-state index contributed by atoms with van der Waals surface area (Å²) in [5.41, 5.74) is 2.42. The molecule has 23 heavy (non-hydrogen) atoms. The molecule has 0 unspecified atom stereocenters. The zero-order chi connectivity index (χ0) is 16.2. The van der Waals surface area contributed by atoms with E-state index in [1.807, 2.05) is 43.3 Å². The minimum absolute atomic E-state index is 0.0956. The minimum atomic E-state index is -0.224. The van der Waals surface area contributed by atoms with E-state index in [1.54, 1.807) is 18.3 Å². The summed E-state index contributed by atoms with van der Waals surface area (Å²) in [7, 11) is 0. The van der Waals surface area contributed by atoms with Gasteiger partial charge in [-0.2, -0.15) is 0 Å². The Hall–Kier alpha value is -2.59. The minimum Gasteiger partial charge on any atom is -0.481 e. The molecule has 1 heterocycles. The van der Waals surface area contributed by atoms with Gasteiger partial charge < -0.3 is 10.1 Å². The second kappa shape index (κ2) is 6.67. The second-order valence-electron chi connectivity index (χ2n) is 5.10. The maximum atomic E-state index is 12.1. The number of carbonyl (C=O) groups excluding carboxylic acids is 1. The molecule has 0 aliphatic heterocycles. The number of ether oxygens (including phenoxy) is 1. The first-order chi connectivity index (χ1) is 11.1. The molecule has 0 aliphatic carbocycles. The number of aromatic nitrogens is 1. The van der Waals surface area contributed by atoms with E-state index >= 15 is 0 Å². The lowest BCUT2D eigenvalue weighted by Gasteiger charge is -2.11. The van der Waals surface area contributed by atoms with Gasteiger partial charge in [0.2, 0.25) is 0 Å². The number of benzene rings is 2. The molecule has 116 valence electrons. The van der Waals surface area contributed by atoms with Crippen molar-refractivity contribution in [2.75, 3.05) is 11.9 Å². The van der Waals surface area contributed by atoms with Crippen molar-refractivity contribution in [2.45, 2.75) is 6.92 Å². The van der Waals surface area contributed by atoms with Crippen molar-refractivity contribution in [1.82, 2.24) is 4.98 Å². The van der Waals surface area contributed by atoms with E-state index in [4.69, 9.17) is 16.3 Å². The third kappa shape index (κ3) is 3.43. The SMILES string of the molecule is Cc1ccccc1NC(=O)COc1ccc(Cl)c2cccnc12. The number of carbonyl (C=O) groups is 1. The summed E-state index contributed by atoms with van der Waals surface area (Å²) in [5, 5.41) is 4.23. The van der Waals surface area contributed by atoms with Crippen LogP contribution in [-0.2, 0) is 4.79 Å². The van der Waals surface area contributed by atoms with Gasteiger partial charge in [0.15, 0.2) is 6.61 Å². The molecule has 0 fully saturated rings. The molecule has 0 aliphatic rings. The predicted molar refractivity (Wildman–Crippen MR) is 92.1 cm³/mol. The number of fused-ring (bicyclic) bond motifs is 1. The number of pyridine rings is 1. The van der Waals surface area contributed by atoms with Crippen LogP contribution in [0.15, 0.2) is 54.7 Å². The van der Waals surface area contributed by atoms with Gasteiger partial charge in [0.1, 0.15) is 11.3 Å². The van der Waals surface area contributed by atoms with Crippen LogP contribution in [0.1, 0.15) is 5.56 Å². The fourth-order valence-electron chi connectivity index (χ4n) is 2.27. The van der Waals surface area contributed by atoms with Gasteiger partial charge in [-0.25, -0.2) is 0 Å². The van der Waals surface area contributed by atoms with Crippen LogP contribution in [0.2, 0.25) is 5.02 Å². The summed E-state index contributed by atoms with van der Waals surface area (Å²) in [6.45, 7) is 1.84. The Morgan fingerprint density at radius 2 is 2.00 bits per heavy atom. The third-order valence-electron chi connectivity index (χ3n) is 3.46. The van der Waals surface area contributed by atoms with E-state index in [1.165, 1.54) is 0 Å². The Bertz CT molecular complexity index is 865. The Morgan fingerprint density at radius 1 is 1.17 bits per heavy atom. The summed E-state index contributed by atoms with van der Waals surface area (Å²) in [4.78, 5) is 16.3. The highest BCUT2D eigenvalue weighted by atomic mass is 35.5. The monoisotopic (exact) mass is 326 g/mol. The van der Waals surface area contributed by atoms with Crippen molar-refractivity contribution < 1.29 is 9.53 Å². The molecular weight excluding hydrogens is 312 g/mol. The number of nitrogens with zero attached hydrogens (tertiary/aromatic N) is 1. The maximum Gasteiger partial charge on any atom is 0.262 e. The number of halogens is 1. The first kappa shape index (κ1) is 15.3. The Morgan fingerprint density at radius 3 is 2.83 bits per heavy atom. The Kier molecular flexibility index (Phi) is 4.44. The molecule has 5 heteroatoms. The first-order valence-electron chi connectivity index (χ1n) is 7.16. The highest BCUT2D eigenvalue weighted by Crippen LogP contribution is 2.29. The predicted octanol–water partition coefficient (Wildman–Crippen LogP) is 4.21. The summed E-state index contributed by atoms with van der Waals surface area (Å²) in [6, 6.07) is 14.7. The molecule has 1 aromatic heterocycles. The van der Waals surface area contributed by atoms with E-state index in [0.29, 0.717) is 16.3 Å². The summed E-state index contributed by atoms with van der Waals surface area (Å²) < 4.78 is 5.61. The largest absolute Gasteiger partial charge is 0.481 e. The number of para-hydroxylation sites is 1. The zero-order valence-electron chi connectivity index (χ0n) is 12.5. The van der Waals surface area contributed by atoms with Crippen molar-refractivity contribution in [2.24, 2.45) is 0 Å². The fourth-order valence-corrected chi connectivity index (χ4v) is 2.49. The maximum absolute atomic E-state index is 12.1. The number of amides is 1. The molecule has 1 N–H and O–H groups in total. The van der Waals surface area contributed by atoms with E-state index in [9.17, 15) is 4.79 Å². The topological polar surface area (TPSA) is 51.2 Å². The molecule has 0 saturated heterocycles. The van der Waals surface area contributed by atoms with Gasteiger partial charge in [0.05, 0.1) is 5.02 Å². The zero-order valence-corrected chi connectivity index (χ0v) is 13.3. The van der Waals surface area contributed by atoms with Crippen molar-refractivity contribution in [3.8, 4) is 5.75 Å². The van der Waals surface area contributed by atoms with Crippen molar-refractivity contribution in [3.63, 3.8) is 0 Å². The van der Waals surface area contributed by atoms with Gasteiger partial charge in [-0.05, 0) is 42.8 Å². The van der Waals surface area contributed by atoms with Crippen LogP contribution in [0.5, 0.6) is 5.75 Å². The molecule has 0 spiro atoms. The number of hydrogen-bond donors (Lipinski definition) is 1. The van der Waals surface area contributed by atoms with Crippen molar-refractivity contribution >= 4 is 34.1 Å². The van der Waals surface area contributed by atoms with Crippen LogP contribution < -0.4 is 10.1 Å². The van der Waals surface area contributed by atoms with E-state index in [2.05, 4.69) is 10.3 Å². The fraction of sp³-hybridized carbons (Fsp3) is 0.111. The van der Waals surface area contributed by atoms with Gasteiger partial charge in [-0.1, -0.05) is 29.8 Å². The quantitative estimate of drug-likeness (QED) is 0.781. The number of anilines is 1. The average molecular weight is 327 g/mol. The molecule has 0 bridgehead atoms. The van der Waals surface area contributed by atoms with Crippen molar-refractivity contribution in [1.29, 1.82) is 0 Å². The van der Waals surface area contributed by atoms with Crippen LogP contribution >= 0.6 is 11.6 Å². The van der Waals surface area contributed by atoms with Crippen LogP contribution in [0.3, 0.4) is 0 Å². The summed E-state index contributed by atoms with van der Waals surface area (Å²) >= 11 is 6.14.